The summed E-state index contributed by atoms with van der Waals surface area (Å²) in [6.45, 7) is 3.42. The lowest BCUT2D eigenvalue weighted by molar-refractivity contribution is -0.118. The molecule has 9 heteroatoms. The largest absolute Gasteiger partial charge is 0.486 e. The van der Waals surface area contributed by atoms with E-state index in [0.717, 1.165) is 5.56 Å². The Morgan fingerprint density at radius 1 is 1.07 bits per heavy atom. The van der Waals surface area contributed by atoms with Crippen molar-refractivity contribution >= 4 is 40.9 Å². The van der Waals surface area contributed by atoms with E-state index >= 15 is 0 Å². The second kappa shape index (κ2) is 10.5. The first-order chi connectivity index (χ1) is 14.0. The van der Waals surface area contributed by atoms with E-state index in [1.807, 2.05) is 23.6 Å². The number of hydrogen-bond acceptors (Lipinski definition) is 5. The lowest BCUT2D eigenvalue weighted by Crippen LogP contribution is -2.24. The molecule has 0 bridgehead atoms. The molecule has 0 spiro atoms. The summed E-state index contributed by atoms with van der Waals surface area (Å²) in [6.07, 6.45) is 0. The molecule has 1 N–H and O–H groups in total. The van der Waals surface area contributed by atoms with Crippen molar-refractivity contribution in [2.45, 2.75) is 31.8 Å². The zero-order valence-electron chi connectivity index (χ0n) is 15.8. The van der Waals surface area contributed by atoms with Crippen LogP contribution in [0.4, 0.5) is 0 Å². The number of nitrogens with zero attached hydrogens (tertiary/aromatic N) is 3. The summed E-state index contributed by atoms with van der Waals surface area (Å²) in [6, 6.07) is 14.5. The molecule has 152 valence electrons. The molecular weight excluding hydrogens is 431 g/mol. The number of benzene rings is 2. The van der Waals surface area contributed by atoms with E-state index in [-0.39, 0.29) is 18.3 Å². The minimum atomic E-state index is -0.0745. The van der Waals surface area contributed by atoms with Crippen LogP contribution in [0.15, 0.2) is 53.7 Å². The SMILES string of the molecule is CCn1c(COc2ccc(Cl)cc2)nnc1SCC(=O)NCc1ccc(Cl)cc1. The van der Waals surface area contributed by atoms with Gasteiger partial charge < -0.3 is 14.6 Å². The van der Waals surface area contributed by atoms with Gasteiger partial charge in [0.2, 0.25) is 5.91 Å². The van der Waals surface area contributed by atoms with Crippen LogP contribution in [0.5, 0.6) is 5.75 Å². The molecule has 0 aliphatic rings. The summed E-state index contributed by atoms with van der Waals surface area (Å²) in [5, 5.41) is 13.3. The first-order valence-electron chi connectivity index (χ1n) is 8.99. The first kappa shape index (κ1) is 21.5. The highest BCUT2D eigenvalue weighted by atomic mass is 35.5. The summed E-state index contributed by atoms with van der Waals surface area (Å²) >= 11 is 13.1. The van der Waals surface area contributed by atoms with Gasteiger partial charge in [-0.15, -0.1) is 10.2 Å². The molecule has 29 heavy (non-hydrogen) atoms. The average Bonchev–Trinajstić information content (AvgIpc) is 3.13. The summed E-state index contributed by atoms with van der Waals surface area (Å²) in [5.41, 5.74) is 0.992. The highest BCUT2D eigenvalue weighted by Crippen LogP contribution is 2.20. The van der Waals surface area contributed by atoms with Crippen LogP contribution in [-0.4, -0.2) is 26.4 Å². The maximum atomic E-state index is 12.2. The van der Waals surface area contributed by atoms with Gasteiger partial charge in [-0.1, -0.05) is 47.1 Å². The van der Waals surface area contributed by atoms with Crippen molar-refractivity contribution in [2.24, 2.45) is 0 Å². The topological polar surface area (TPSA) is 69.0 Å². The number of hydrogen-bond donors (Lipinski definition) is 1. The first-order valence-corrected chi connectivity index (χ1v) is 10.7. The second-order valence-electron chi connectivity index (χ2n) is 6.08. The quantitative estimate of drug-likeness (QED) is 0.482. The van der Waals surface area contributed by atoms with Gasteiger partial charge in [0.25, 0.3) is 0 Å². The Morgan fingerprint density at radius 3 is 2.38 bits per heavy atom. The molecule has 0 aliphatic carbocycles. The van der Waals surface area contributed by atoms with Gasteiger partial charge >= 0.3 is 0 Å². The van der Waals surface area contributed by atoms with Gasteiger partial charge in [0.05, 0.1) is 5.75 Å². The molecule has 0 aliphatic heterocycles. The van der Waals surface area contributed by atoms with E-state index in [1.54, 1.807) is 36.4 Å². The summed E-state index contributed by atoms with van der Waals surface area (Å²) in [7, 11) is 0. The van der Waals surface area contributed by atoms with Crippen LogP contribution < -0.4 is 10.1 Å². The predicted octanol–water partition coefficient (Wildman–Crippen LogP) is 4.59. The van der Waals surface area contributed by atoms with Crippen LogP contribution in [0.2, 0.25) is 10.0 Å². The smallest absolute Gasteiger partial charge is 0.230 e. The van der Waals surface area contributed by atoms with E-state index in [2.05, 4.69) is 15.5 Å². The van der Waals surface area contributed by atoms with Crippen LogP contribution in [0.25, 0.3) is 0 Å². The number of carbonyl (C=O) groups is 1. The molecule has 0 unspecified atom stereocenters. The van der Waals surface area contributed by atoms with Crippen molar-refractivity contribution in [1.82, 2.24) is 20.1 Å². The Kier molecular flexibility index (Phi) is 7.80. The molecule has 1 aromatic heterocycles. The molecule has 0 atom stereocenters. The van der Waals surface area contributed by atoms with Crippen molar-refractivity contribution in [1.29, 1.82) is 0 Å². The Morgan fingerprint density at radius 2 is 1.72 bits per heavy atom. The van der Waals surface area contributed by atoms with Gasteiger partial charge in [-0.05, 0) is 48.9 Å². The van der Waals surface area contributed by atoms with E-state index in [9.17, 15) is 4.79 Å². The third-order valence-corrected chi connectivity index (χ3v) is 5.50. The van der Waals surface area contributed by atoms with Gasteiger partial charge in [0, 0.05) is 23.1 Å². The number of nitrogens with one attached hydrogen (secondary N) is 1. The number of halogens is 2. The molecule has 3 rings (SSSR count). The van der Waals surface area contributed by atoms with Crippen LogP contribution in [0, 0.1) is 0 Å². The Bertz CT molecular complexity index is 946. The van der Waals surface area contributed by atoms with Crippen molar-refractivity contribution in [2.75, 3.05) is 5.75 Å². The van der Waals surface area contributed by atoms with Gasteiger partial charge in [-0.2, -0.15) is 0 Å². The van der Waals surface area contributed by atoms with Crippen LogP contribution in [-0.2, 0) is 24.5 Å². The van der Waals surface area contributed by atoms with Crippen LogP contribution in [0.3, 0.4) is 0 Å². The number of carbonyl (C=O) groups excluding carboxylic acids is 1. The molecule has 0 radical (unpaired) electrons. The van der Waals surface area contributed by atoms with Gasteiger partial charge in [-0.25, -0.2) is 0 Å². The van der Waals surface area contributed by atoms with Gasteiger partial charge in [0.15, 0.2) is 11.0 Å². The van der Waals surface area contributed by atoms with Gasteiger partial charge in [0.1, 0.15) is 12.4 Å². The molecule has 1 amide bonds. The highest BCUT2D eigenvalue weighted by Gasteiger charge is 2.13. The molecule has 0 saturated heterocycles. The molecule has 1 heterocycles. The maximum absolute atomic E-state index is 12.2. The summed E-state index contributed by atoms with van der Waals surface area (Å²) in [4.78, 5) is 12.2. The minimum Gasteiger partial charge on any atom is -0.486 e. The molecule has 2 aromatic carbocycles. The zero-order valence-corrected chi connectivity index (χ0v) is 18.1. The Hall–Kier alpha value is -2.22. The van der Waals surface area contributed by atoms with Crippen LogP contribution in [0.1, 0.15) is 18.3 Å². The molecule has 6 nitrogen and oxygen atoms in total. The van der Waals surface area contributed by atoms with Crippen molar-refractivity contribution < 1.29 is 9.53 Å². The lowest BCUT2D eigenvalue weighted by Gasteiger charge is -2.09. The van der Waals surface area contributed by atoms with E-state index in [4.69, 9.17) is 27.9 Å². The molecular formula is C20H20Cl2N4O2S. The second-order valence-corrected chi connectivity index (χ2v) is 7.89. The monoisotopic (exact) mass is 450 g/mol. The fourth-order valence-electron chi connectivity index (χ4n) is 2.51. The molecule has 0 saturated carbocycles. The van der Waals surface area contributed by atoms with E-state index in [1.165, 1.54) is 11.8 Å². The Labute approximate surface area is 183 Å². The molecule has 3 aromatic rings. The summed E-state index contributed by atoms with van der Waals surface area (Å²) < 4.78 is 7.68. The standard InChI is InChI=1S/C20H20Cl2N4O2S/c1-2-26-18(12-28-17-9-7-16(22)8-10-17)24-25-20(26)29-13-19(27)23-11-14-3-5-15(21)6-4-14/h3-10H,2,11-13H2,1H3,(H,23,27). The number of ether oxygens (including phenoxy) is 1. The van der Waals surface area contributed by atoms with Crippen molar-refractivity contribution in [3.05, 3.63) is 70.0 Å². The number of thioether (sulfide) groups is 1. The summed E-state index contributed by atoms with van der Waals surface area (Å²) in [5.74, 6) is 1.58. The third-order valence-electron chi connectivity index (χ3n) is 4.03. The minimum absolute atomic E-state index is 0.0745. The Balaban J connectivity index is 1.50. The number of rotatable bonds is 9. The maximum Gasteiger partial charge on any atom is 0.230 e. The fraction of sp³-hybridized carbons (Fsp3) is 0.250. The lowest BCUT2D eigenvalue weighted by atomic mass is 10.2. The van der Waals surface area contributed by atoms with Crippen molar-refractivity contribution in [3.8, 4) is 5.75 Å². The predicted molar refractivity (Wildman–Crippen MR) is 116 cm³/mol. The van der Waals surface area contributed by atoms with E-state index < -0.39 is 0 Å². The van der Waals surface area contributed by atoms with Crippen molar-refractivity contribution in [3.63, 3.8) is 0 Å². The van der Waals surface area contributed by atoms with E-state index in [0.29, 0.717) is 39.9 Å². The fourth-order valence-corrected chi connectivity index (χ4v) is 3.62. The highest BCUT2D eigenvalue weighted by molar-refractivity contribution is 7.99. The zero-order chi connectivity index (χ0) is 20.6. The number of amides is 1. The third kappa shape index (κ3) is 6.39. The average molecular weight is 451 g/mol. The van der Waals surface area contributed by atoms with Gasteiger partial charge in [-0.3, -0.25) is 4.79 Å². The number of aromatic nitrogens is 3. The molecule has 0 fully saturated rings. The normalized spacial score (nSPS) is 10.7. The van der Waals surface area contributed by atoms with Crippen LogP contribution >= 0.6 is 35.0 Å².